The molecule has 3 heterocycles. The van der Waals surface area contributed by atoms with E-state index in [4.69, 9.17) is 23.8 Å². The summed E-state index contributed by atoms with van der Waals surface area (Å²) in [7, 11) is 0. The number of aliphatic hydroxyl groups excluding tert-OH is 7. The fourth-order valence-electron chi connectivity index (χ4n) is 4.40. The first kappa shape index (κ1) is 34.1. The Hall–Kier alpha value is -2.36. The van der Waals surface area contributed by atoms with Gasteiger partial charge in [0, 0.05) is 32.2 Å². The Morgan fingerprint density at radius 3 is 1.95 bits per heavy atom. The number of aliphatic hydroxyl groups is 7. The van der Waals surface area contributed by atoms with Gasteiger partial charge < -0.3 is 64.8 Å². The van der Waals surface area contributed by atoms with Crippen LogP contribution in [0.15, 0.2) is 0 Å². The molecular weight excluding hydrogens is 572 g/mol. The van der Waals surface area contributed by atoms with E-state index in [-0.39, 0.29) is 51.2 Å². The molecule has 0 saturated carbocycles. The van der Waals surface area contributed by atoms with Crippen LogP contribution in [0.5, 0.6) is 0 Å². The molecule has 0 spiro atoms. The van der Waals surface area contributed by atoms with E-state index in [0.29, 0.717) is 11.5 Å². The monoisotopic (exact) mass is 610 g/mol. The maximum atomic E-state index is 12.0. The fraction of sp³-hybridized carbons (Fsp3) is 0.833. The first-order chi connectivity index (χ1) is 19.9. The lowest BCUT2D eigenvalue weighted by molar-refractivity contribution is -0.330. The maximum absolute atomic E-state index is 12.0. The van der Waals surface area contributed by atoms with Crippen molar-refractivity contribution in [1.82, 2.24) is 10.4 Å². The molecule has 0 unspecified atom stereocenters. The van der Waals surface area contributed by atoms with Crippen molar-refractivity contribution in [3.05, 3.63) is 0 Å². The molecule has 3 saturated heterocycles. The van der Waals surface area contributed by atoms with Crippen LogP contribution < -0.4 is 5.32 Å². The molecule has 3 aliphatic rings. The van der Waals surface area contributed by atoms with Gasteiger partial charge in [-0.2, -0.15) is 0 Å². The van der Waals surface area contributed by atoms with E-state index in [0.717, 1.165) is 0 Å². The van der Waals surface area contributed by atoms with Crippen molar-refractivity contribution >= 4 is 23.7 Å². The number of carbonyl (C=O) groups excluding carboxylic acids is 4. The van der Waals surface area contributed by atoms with Gasteiger partial charge in [-0.25, -0.2) is 4.79 Å². The Kier molecular flexibility index (Phi) is 12.9. The molecule has 0 aromatic heterocycles. The van der Waals surface area contributed by atoms with Crippen molar-refractivity contribution < 1.29 is 78.7 Å². The zero-order valence-corrected chi connectivity index (χ0v) is 22.6. The summed E-state index contributed by atoms with van der Waals surface area (Å²) in [6.45, 7) is -1.37. The number of carbonyl (C=O) groups is 4. The molecule has 3 aliphatic heterocycles. The van der Waals surface area contributed by atoms with Gasteiger partial charge in [0.05, 0.1) is 19.8 Å². The van der Waals surface area contributed by atoms with Gasteiger partial charge in [0.25, 0.3) is 11.8 Å². The lowest BCUT2D eigenvalue weighted by atomic mass is 9.98. The van der Waals surface area contributed by atoms with Crippen LogP contribution in [-0.4, -0.2) is 152 Å². The summed E-state index contributed by atoms with van der Waals surface area (Å²) < 4.78 is 21.4. The second-order valence-corrected chi connectivity index (χ2v) is 10.0. The molecule has 3 amide bonds. The Morgan fingerprint density at radius 2 is 1.33 bits per heavy atom. The number of unbranched alkanes of at least 4 members (excludes halogenated alkanes) is 1. The lowest BCUT2D eigenvalue weighted by Crippen LogP contribution is -2.61. The van der Waals surface area contributed by atoms with Crippen LogP contribution in [0.1, 0.15) is 38.5 Å². The van der Waals surface area contributed by atoms with Crippen molar-refractivity contribution in [2.45, 2.75) is 99.9 Å². The summed E-state index contributed by atoms with van der Waals surface area (Å²) in [6, 6.07) is 0. The third-order valence-corrected chi connectivity index (χ3v) is 6.88. The number of imide groups is 1. The van der Waals surface area contributed by atoms with Crippen molar-refractivity contribution in [1.29, 1.82) is 0 Å². The molecule has 42 heavy (non-hydrogen) atoms. The zero-order chi connectivity index (χ0) is 31.0. The normalized spacial score (nSPS) is 35.4. The van der Waals surface area contributed by atoms with E-state index in [1.165, 1.54) is 0 Å². The molecule has 8 N–H and O–H groups in total. The molecule has 0 aliphatic carbocycles. The van der Waals surface area contributed by atoms with Gasteiger partial charge in [0.15, 0.2) is 12.6 Å². The molecule has 3 fully saturated rings. The quantitative estimate of drug-likeness (QED) is 0.0675. The van der Waals surface area contributed by atoms with Crippen LogP contribution in [0, 0.1) is 0 Å². The zero-order valence-electron chi connectivity index (χ0n) is 22.6. The van der Waals surface area contributed by atoms with Gasteiger partial charge in [-0.1, -0.05) is 0 Å². The standard InChI is InChI=1S/C24H38N2O16/c27-9-11-17(32)19(34)22(37)24(40-11)39-10-12-18(33)20(35)21(36)23(41-12)38-8-7-25-13(28)3-1-2-4-16(31)42-26-14(29)5-6-15(26)30/h11-12,17-24,27,32-37H,1-10H2,(H,25,28)/t11-,12-,17-,18-,19+,20+,21+,22+,23-,24-/m1/s1. The minimum Gasteiger partial charge on any atom is -0.394 e. The van der Waals surface area contributed by atoms with Crippen molar-refractivity contribution in [3.8, 4) is 0 Å². The SMILES string of the molecule is O=C(CCCCC(=O)ON1C(=O)CCC1=O)NCCO[C@@H]1O[C@H](CO[C@@H]2O[C@H](CO)[C@@H](O)[C@H](O)[C@@H]2O)[C@@H](O)[C@H](O)[C@@H]1O. The number of nitrogens with one attached hydrogen (secondary N) is 1. The third-order valence-electron chi connectivity index (χ3n) is 6.88. The first-order valence-corrected chi connectivity index (χ1v) is 13.5. The predicted octanol–water partition coefficient (Wildman–Crippen LogP) is -5.09. The Morgan fingerprint density at radius 1 is 0.786 bits per heavy atom. The van der Waals surface area contributed by atoms with E-state index in [1.807, 2.05) is 0 Å². The number of ether oxygens (including phenoxy) is 4. The Bertz CT molecular complexity index is 920. The van der Waals surface area contributed by atoms with Gasteiger partial charge >= 0.3 is 5.97 Å². The highest BCUT2D eigenvalue weighted by Crippen LogP contribution is 2.26. The van der Waals surface area contributed by atoms with E-state index >= 15 is 0 Å². The lowest BCUT2D eigenvalue weighted by Gasteiger charge is -2.42. The number of hydrogen-bond acceptors (Lipinski definition) is 16. The van der Waals surface area contributed by atoms with E-state index in [1.54, 1.807) is 0 Å². The molecular formula is C24H38N2O16. The van der Waals surface area contributed by atoms with Crippen molar-refractivity contribution in [2.75, 3.05) is 26.4 Å². The molecule has 240 valence electrons. The van der Waals surface area contributed by atoms with Gasteiger partial charge in [-0.3, -0.25) is 14.4 Å². The summed E-state index contributed by atoms with van der Waals surface area (Å²) in [6.07, 6.45) is -14.9. The fourth-order valence-corrected chi connectivity index (χ4v) is 4.40. The third kappa shape index (κ3) is 8.83. The summed E-state index contributed by atoms with van der Waals surface area (Å²) in [5.74, 6) is -2.29. The molecule has 0 bridgehead atoms. The average Bonchev–Trinajstić information content (AvgIpc) is 3.28. The van der Waals surface area contributed by atoms with E-state index in [9.17, 15) is 54.9 Å². The number of nitrogens with zero attached hydrogens (tertiary/aromatic N) is 1. The van der Waals surface area contributed by atoms with Crippen LogP contribution in [-0.2, 0) is 43.0 Å². The van der Waals surface area contributed by atoms with Gasteiger partial charge in [-0.05, 0) is 12.8 Å². The van der Waals surface area contributed by atoms with Crippen LogP contribution in [0.25, 0.3) is 0 Å². The molecule has 10 atom stereocenters. The van der Waals surface area contributed by atoms with Gasteiger partial charge in [0.1, 0.15) is 48.8 Å². The molecule has 3 rings (SSSR count). The first-order valence-electron chi connectivity index (χ1n) is 13.5. The largest absolute Gasteiger partial charge is 0.394 e. The summed E-state index contributed by atoms with van der Waals surface area (Å²) in [4.78, 5) is 51.4. The number of rotatable bonds is 14. The average molecular weight is 611 g/mol. The Labute approximate surface area is 239 Å². The second kappa shape index (κ2) is 15.9. The topological polar surface area (TPSA) is 271 Å². The van der Waals surface area contributed by atoms with Crippen LogP contribution in [0.2, 0.25) is 0 Å². The summed E-state index contributed by atoms with van der Waals surface area (Å²) >= 11 is 0. The number of amides is 3. The predicted molar refractivity (Wildman–Crippen MR) is 131 cm³/mol. The number of hydrogen-bond donors (Lipinski definition) is 8. The molecule has 0 aromatic carbocycles. The Balaban J connectivity index is 1.33. The smallest absolute Gasteiger partial charge is 0.333 e. The highest BCUT2D eigenvalue weighted by atomic mass is 16.7. The summed E-state index contributed by atoms with van der Waals surface area (Å²) in [5, 5.41) is 72.8. The van der Waals surface area contributed by atoms with Crippen molar-refractivity contribution in [3.63, 3.8) is 0 Å². The van der Waals surface area contributed by atoms with Crippen molar-refractivity contribution in [2.24, 2.45) is 0 Å². The maximum Gasteiger partial charge on any atom is 0.333 e. The minimum atomic E-state index is -1.71. The second-order valence-electron chi connectivity index (χ2n) is 10.0. The number of hydroxylamine groups is 2. The van der Waals surface area contributed by atoms with Crippen LogP contribution in [0.4, 0.5) is 0 Å². The molecule has 18 nitrogen and oxygen atoms in total. The van der Waals surface area contributed by atoms with E-state index < -0.39 is 92.4 Å². The highest BCUT2D eigenvalue weighted by molar-refractivity contribution is 6.01. The van der Waals surface area contributed by atoms with Gasteiger partial charge in [-0.15, -0.1) is 5.06 Å². The van der Waals surface area contributed by atoms with Crippen LogP contribution in [0.3, 0.4) is 0 Å². The molecule has 0 radical (unpaired) electrons. The molecule has 0 aromatic rings. The van der Waals surface area contributed by atoms with Gasteiger partial charge in [0.2, 0.25) is 5.91 Å². The minimum absolute atomic E-state index is 0.00902. The summed E-state index contributed by atoms with van der Waals surface area (Å²) in [5.41, 5.74) is 0. The van der Waals surface area contributed by atoms with Crippen LogP contribution >= 0.6 is 0 Å². The molecule has 18 heteroatoms. The van der Waals surface area contributed by atoms with E-state index in [2.05, 4.69) is 5.32 Å². The highest BCUT2D eigenvalue weighted by Gasteiger charge is 2.47.